The molecule has 0 aliphatic heterocycles. The Hall–Kier alpha value is -0.710. The third-order valence-corrected chi connectivity index (χ3v) is 0.187. The Morgan fingerprint density at radius 1 is 1.62 bits per heavy atom. The monoisotopic (exact) mass is 127 g/mol. The first kappa shape index (κ1) is 10.3. The van der Waals surface area contributed by atoms with Gasteiger partial charge in [-0.1, -0.05) is 0 Å². The quantitative estimate of drug-likeness (QED) is 0.517. The Labute approximate surface area is 45.1 Å². The first-order valence-corrected chi connectivity index (χ1v) is 1.73. The third-order valence-electron chi connectivity index (χ3n) is 0.187. The minimum absolute atomic E-state index is 1.50. The maximum Gasteiger partial charge on any atom is 0.371 e. The van der Waals surface area contributed by atoms with Crippen molar-refractivity contribution >= 4 is 5.97 Å². The van der Waals surface area contributed by atoms with Gasteiger partial charge >= 0.3 is 12.4 Å². The van der Waals surface area contributed by atoms with Gasteiger partial charge in [-0.25, -0.2) is 4.79 Å². The topological polar surface area (TPSA) is 63.3 Å². The molecule has 5 heteroatoms. The summed E-state index contributed by atoms with van der Waals surface area (Å²) in [6.07, 6.45) is -3.23. The fraction of sp³-hybridized carbons (Fsp3) is 0.667. The Kier molecular flexibility index (Phi) is 8.10. The van der Waals surface area contributed by atoms with Crippen molar-refractivity contribution in [1.29, 1.82) is 0 Å². The molecule has 0 aromatic rings. The van der Waals surface area contributed by atoms with Crippen LogP contribution in [-0.4, -0.2) is 24.5 Å². The van der Waals surface area contributed by atoms with Gasteiger partial charge in [-0.05, 0) is 7.05 Å². The van der Waals surface area contributed by atoms with E-state index in [0.29, 0.717) is 0 Å². The molecule has 0 unspecified atom stereocenters. The molecular weight excluding hydrogens is 120 g/mol. The van der Waals surface area contributed by atoms with Crippen molar-refractivity contribution in [3.05, 3.63) is 0 Å². The number of carbonyl (C=O) groups is 1. The molecule has 0 aliphatic carbocycles. The van der Waals surface area contributed by atoms with Gasteiger partial charge in [0.25, 0.3) is 0 Å². The Morgan fingerprint density at radius 2 is 1.75 bits per heavy atom. The number of alkyl halides is 2. The van der Waals surface area contributed by atoms with Crippen molar-refractivity contribution in [2.24, 2.45) is 5.73 Å². The zero-order valence-corrected chi connectivity index (χ0v) is 4.27. The molecule has 0 aromatic heterocycles. The van der Waals surface area contributed by atoms with Gasteiger partial charge in [0.2, 0.25) is 0 Å². The molecule has 0 fully saturated rings. The highest BCUT2D eigenvalue weighted by Gasteiger charge is 2.10. The molecule has 0 rings (SSSR count). The molecule has 0 radical (unpaired) electrons. The van der Waals surface area contributed by atoms with Gasteiger partial charge in [0.15, 0.2) is 0 Å². The average Bonchev–Trinajstić information content (AvgIpc) is 1.72. The van der Waals surface area contributed by atoms with E-state index >= 15 is 0 Å². The highest BCUT2D eigenvalue weighted by Crippen LogP contribution is 1.87. The fourth-order valence-corrected chi connectivity index (χ4v) is 0. The average molecular weight is 127 g/mol. The van der Waals surface area contributed by atoms with Crippen molar-refractivity contribution in [2.75, 3.05) is 7.05 Å². The molecule has 0 saturated carbocycles. The van der Waals surface area contributed by atoms with Gasteiger partial charge in [-0.2, -0.15) is 8.78 Å². The van der Waals surface area contributed by atoms with E-state index in [1.54, 1.807) is 0 Å². The lowest BCUT2D eigenvalue weighted by molar-refractivity contribution is -0.149. The van der Waals surface area contributed by atoms with E-state index < -0.39 is 12.4 Å². The zero-order chi connectivity index (χ0) is 7.15. The van der Waals surface area contributed by atoms with Gasteiger partial charge < -0.3 is 10.8 Å². The first-order valence-electron chi connectivity index (χ1n) is 1.73. The normalized spacial score (nSPS) is 7.62. The highest BCUT2D eigenvalue weighted by atomic mass is 19.3. The molecule has 0 heterocycles. The molecular formula is C3H7F2NO2. The molecule has 8 heavy (non-hydrogen) atoms. The summed E-state index contributed by atoms with van der Waals surface area (Å²) >= 11 is 0. The van der Waals surface area contributed by atoms with Crippen LogP contribution in [0.15, 0.2) is 0 Å². The molecule has 3 N–H and O–H groups in total. The lowest BCUT2D eigenvalue weighted by atomic mass is 10.7. The molecule has 0 atom stereocenters. The SMILES string of the molecule is CN.O=C(O)C(F)F. The van der Waals surface area contributed by atoms with Crippen LogP contribution in [0.1, 0.15) is 0 Å². The molecule has 0 saturated heterocycles. The van der Waals surface area contributed by atoms with Crippen molar-refractivity contribution in [2.45, 2.75) is 6.43 Å². The van der Waals surface area contributed by atoms with Crippen molar-refractivity contribution < 1.29 is 18.7 Å². The third kappa shape index (κ3) is 8.99. The second-order valence-electron chi connectivity index (χ2n) is 0.639. The summed E-state index contributed by atoms with van der Waals surface area (Å²) in [5.74, 6) is -2.07. The minimum Gasteiger partial charge on any atom is -0.477 e. The first-order chi connectivity index (χ1) is 3.64. The van der Waals surface area contributed by atoms with Crippen LogP contribution in [0.25, 0.3) is 0 Å². The van der Waals surface area contributed by atoms with Crippen LogP contribution in [0, 0.1) is 0 Å². The molecule has 0 aliphatic rings. The number of nitrogens with two attached hydrogens (primary N) is 1. The summed E-state index contributed by atoms with van der Waals surface area (Å²) < 4.78 is 21.1. The minimum atomic E-state index is -3.23. The summed E-state index contributed by atoms with van der Waals surface area (Å²) in [4.78, 5) is 8.95. The lowest BCUT2D eigenvalue weighted by Crippen LogP contribution is -2.06. The second-order valence-corrected chi connectivity index (χ2v) is 0.639. The van der Waals surface area contributed by atoms with E-state index in [4.69, 9.17) is 9.90 Å². The summed E-state index contributed by atoms with van der Waals surface area (Å²) in [6, 6.07) is 0. The number of hydrogen-bond acceptors (Lipinski definition) is 2. The van der Waals surface area contributed by atoms with Crippen molar-refractivity contribution in [1.82, 2.24) is 0 Å². The van der Waals surface area contributed by atoms with Crippen LogP contribution in [-0.2, 0) is 4.79 Å². The molecule has 0 spiro atoms. The number of carboxylic acid groups (broad SMARTS) is 1. The Balaban J connectivity index is 0. The van der Waals surface area contributed by atoms with Gasteiger partial charge in [-0.3, -0.25) is 0 Å². The number of aliphatic carboxylic acids is 1. The van der Waals surface area contributed by atoms with E-state index in [1.165, 1.54) is 7.05 Å². The van der Waals surface area contributed by atoms with Gasteiger partial charge in [0.1, 0.15) is 0 Å². The zero-order valence-electron chi connectivity index (χ0n) is 4.27. The molecule has 50 valence electrons. The predicted molar refractivity (Wildman–Crippen MR) is 23.8 cm³/mol. The van der Waals surface area contributed by atoms with Gasteiger partial charge in [-0.15, -0.1) is 0 Å². The highest BCUT2D eigenvalue weighted by molar-refractivity contribution is 5.70. The van der Waals surface area contributed by atoms with Crippen molar-refractivity contribution in [3.8, 4) is 0 Å². The van der Waals surface area contributed by atoms with Crippen LogP contribution in [0.5, 0.6) is 0 Å². The van der Waals surface area contributed by atoms with Crippen LogP contribution in [0.4, 0.5) is 8.78 Å². The van der Waals surface area contributed by atoms with E-state index in [1.807, 2.05) is 0 Å². The van der Waals surface area contributed by atoms with E-state index in [-0.39, 0.29) is 0 Å². The summed E-state index contributed by atoms with van der Waals surface area (Å²) in [7, 11) is 1.50. The number of carboxylic acids is 1. The molecule has 0 aromatic carbocycles. The van der Waals surface area contributed by atoms with Gasteiger partial charge in [0.05, 0.1) is 0 Å². The number of hydrogen-bond donors (Lipinski definition) is 2. The Morgan fingerprint density at radius 3 is 1.75 bits per heavy atom. The fourth-order valence-electron chi connectivity index (χ4n) is 0. The smallest absolute Gasteiger partial charge is 0.371 e. The lowest BCUT2D eigenvalue weighted by Gasteiger charge is -1.81. The predicted octanol–water partition coefficient (Wildman–Crippen LogP) is -0.0890. The summed E-state index contributed by atoms with van der Waals surface area (Å²) in [6.45, 7) is 0. The van der Waals surface area contributed by atoms with E-state index in [0.717, 1.165) is 0 Å². The summed E-state index contributed by atoms with van der Waals surface area (Å²) in [5, 5.41) is 7.24. The maximum atomic E-state index is 10.6. The van der Waals surface area contributed by atoms with Crippen LogP contribution < -0.4 is 5.73 Å². The van der Waals surface area contributed by atoms with Gasteiger partial charge in [0, 0.05) is 0 Å². The molecule has 3 nitrogen and oxygen atoms in total. The maximum absolute atomic E-state index is 10.6. The van der Waals surface area contributed by atoms with E-state index in [9.17, 15) is 8.78 Å². The van der Waals surface area contributed by atoms with E-state index in [2.05, 4.69) is 5.73 Å². The van der Waals surface area contributed by atoms with Crippen LogP contribution in [0.2, 0.25) is 0 Å². The van der Waals surface area contributed by atoms with Crippen molar-refractivity contribution in [3.63, 3.8) is 0 Å². The van der Waals surface area contributed by atoms with Crippen LogP contribution >= 0.6 is 0 Å². The summed E-state index contributed by atoms with van der Waals surface area (Å²) in [5.41, 5.74) is 4.50. The molecule has 0 bridgehead atoms. The number of halogens is 2. The molecule has 0 amide bonds. The van der Waals surface area contributed by atoms with Crippen LogP contribution in [0.3, 0.4) is 0 Å². The standard InChI is InChI=1S/C2H2F2O2.CH5N/c3-1(4)2(5)6;1-2/h1H,(H,5,6);2H2,1H3. The number of rotatable bonds is 1. The second kappa shape index (κ2) is 6.29. The Bertz CT molecular complexity index is 66.3. The largest absolute Gasteiger partial charge is 0.477 e.